The van der Waals surface area contributed by atoms with Gasteiger partial charge in [-0.3, -0.25) is 4.99 Å². The number of aliphatic imine (C=N–C) groups is 1. The van der Waals surface area contributed by atoms with E-state index in [-0.39, 0.29) is 12.6 Å². The zero-order valence-electron chi connectivity index (χ0n) is 14.6. The number of aliphatic hydroxyl groups is 1. The summed E-state index contributed by atoms with van der Waals surface area (Å²) < 4.78 is 5.89. The van der Waals surface area contributed by atoms with Crippen molar-refractivity contribution in [1.82, 2.24) is 10.3 Å². The number of ether oxygens (including phenoxy) is 1. The van der Waals surface area contributed by atoms with Crippen LogP contribution >= 0.6 is 0 Å². The van der Waals surface area contributed by atoms with E-state index in [2.05, 4.69) is 21.4 Å². The van der Waals surface area contributed by atoms with E-state index in [0.29, 0.717) is 13.1 Å². The van der Waals surface area contributed by atoms with Crippen molar-refractivity contribution < 1.29 is 9.84 Å². The second-order valence-electron chi connectivity index (χ2n) is 6.18. The Morgan fingerprint density at radius 2 is 1.96 bits per heavy atom. The third-order valence-electron chi connectivity index (χ3n) is 4.11. The molecule has 1 atom stereocenters. The summed E-state index contributed by atoms with van der Waals surface area (Å²) in [5, 5.41) is 15.5. The molecule has 138 valence electrons. The molecule has 0 fully saturated rings. The van der Waals surface area contributed by atoms with Gasteiger partial charge >= 0.3 is 0 Å². The molecular formula is C19H25N5O2. The van der Waals surface area contributed by atoms with E-state index in [9.17, 15) is 5.11 Å². The molecule has 0 saturated carbocycles. The van der Waals surface area contributed by atoms with E-state index in [1.54, 1.807) is 0 Å². The number of rotatable bonds is 9. The average Bonchev–Trinajstić information content (AvgIpc) is 3.01. The highest BCUT2D eigenvalue weighted by Gasteiger charge is 2.11. The lowest BCUT2D eigenvalue weighted by molar-refractivity contribution is 0.107. The molecule has 7 N–H and O–H groups in total. The first-order chi connectivity index (χ1) is 12.6. The van der Waals surface area contributed by atoms with Crippen LogP contribution in [-0.4, -0.2) is 48.4 Å². The molecule has 7 heteroatoms. The van der Waals surface area contributed by atoms with Crippen molar-refractivity contribution in [2.75, 3.05) is 26.2 Å². The standard InChI is InChI=1S/C19H25N5O2/c20-19(21)23-10-4-9-22-11-13(25)12-26-17-8-3-7-16-18(17)14-5-1-2-6-15(14)24-16/h1-3,5-8,13,22,24-25H,4,9-12H2,(H4,20,21,23). The third-order valence-corrected chi connectivity index (χ3v) is 4.11. The van der Waals surface area contributed by atoms with Gasteiger partial charge in [0.1, 0.15) is 18.5 Å². The van der Waals surface area contributed by atoms with E-state index in [1.807, 2.05) is 36.4 Å². The van der Waals surface area contributed by atoms with Crippen molar-refractivity contribution in [3.63, 3.8) is 0 Å². The maximum atomic E-state index is 10.1. The summed E-state index contributed by atoms with van der Waals surface area (Å²) in [6.07, 6.45) is 0.207. The Morgan fingerprint density at radius 3 is 2.81 bits per heavy atom. The molecule has 0 aliphatic heterocycles. The van der Waals surface area contributed by atoms with Crippen molar-refractivity contribution in [3.05, 3.63) is 42.5 Å². The predicted octanol–water partition coefficient (Wildman–Crippen LogP) is 1.31. The molecule has 7 nitrogen and oxygen atoms in total. The summed E-state index contributed by atoms with van der Waals surface area (Å²) >= 11 is 0. The van der Waals surface area contributed by atoms with Crippen LogP contribution < -0.4 is 21.5 Å². The van der Waals surface area contributed by atoms with Gasteiger partial charge < -0.3 is 31.6 Å². The normalized spacial score (nSPS) is 12.3. The van der Waals surface area contributed by atoms with E-state index in [0.717, 1.165) is 40.5 Å². The first kappa shape index (κ1) is 18.0. The predicted molar refractivity (Wildman–Crippen MR) is 105 cm³/mol. The van der Waals surface area contributed by atoms with E-state index < -0.39 is 6.10 Å². The van der Waals surface area contributed by atoms with Gasteiger partial charge in [-0.15, -0.1) is 0 Å². The molecule has 1 heterocycles. The highest BCUT2D eigenvalue weighted by molar-refractivity contribution is 6.10. The number of fused-ring (bicyclic) bond motifs is 3. The summed E-state index contributed by atoms with van der Waals surface area (Å²) in [6.45, 7) is 1.97. The summed E-state index contributed by atoms with van der Waals surface area (Å²) in [5.74, 6) is 0.872. The summed E-state index contributed by atoms with van der Waals surface area (Å²) in [7, 11) is 0. The van der Waals surface area contributed by atoms with Crippen LogP contribution in [0, 0.1) is 0 Å². The van der Waals surface area contributed by atoms with Gasteiger partial charge in [0.25, 0.3) is 0 Å². The van der Waals surface area contributed by atoms with Crippen LogP contribution in [0.1, 0.15) is 6.42 Å². The lowest BCUT2D eigenvalue weighted by Crippen LogP contribution is -2.32. The molecule has 0 spiro atoms. The van der Waals surface area contributed by atoms with Crippen molar-refractivity contribution in [3.8, 4) is 5.75 Å². The maximum Gasteiger partial charge on any atom is 0.185 e. The molecule has 0 radical (unpaired) electrons. The number of aromatic nitrogens is 1. The van der Waals surface area contributed by atoms with Gasteiger partial charge in [0.2, 0.25) is 0 Å². The zero-order valence-corrected chi connectivity index (χ0v) is 14.6. The second kappa shape index (κ2) is 8.55. The largest absolute Gasteiger partial charge is 0.490 e. The van der Waals surface area contributed by atoms with Crippen molar-refractivity contribution in [1.29, 1.82) is 0 Å². The fourth-order valence-corrected chi connectivity index (χ4v) is 2.91. The minimum atomic E-state index is -0.599. The first-order valence-corrected chi connectivity index (χ1v) is 8.71. The quantitative estimate of drug-likeness (QED) is 0.225. The van der Waals surface area contributed by atoms with Crippen LogP contribution in [0.3, 0.4) is 0 Å². The second-order valence-corrected chi connectivity index (χ2v) is 6.18. The van der Waals surface area contributed by atoms with Crippen LogP contribution in [0.4, 0.5) is 0 Å². The Hall–Kier alpha value is -2.77. The molecule has 0 aliphatic rings. The van der Waals surface area contributed by atoms with Crippen molar-refractivity contribution in [2.24, 2.45) is 16.5 Å². The van der Waals surface area contributed by atoms with Gasteiger partial charge in [0.15, 0.2) is 5.96 Å². The van der Waals surface area contributed by atoms with E-state index in [4.69, 9.17) is 16.2 Å². The Kier molecular flexibility index (Phi) is 5.93. The zero-order chi connectivity index (χ0) is 18.4. The highest BCUT2D eigenvalue weighted by Crippen LogP contribution is 2.32. The van der Waals surface area contributed by atoms with Gasteiger partial charge in [0.05, 0.1) is 5.52 Å². The Bertz CT molecular complexity index is 886. The Labute approximate surface area is 152 Å². The smallest absolute Gasteiger partial charge is 0.185 e. The molecule has 0 aliphatic carbocycles. The lowest BCUT2D eigenvalue weighted by atomic mass is 10.1. The first-order valence-electron chi connectivity index (χ1n) is 8.71. The van der Waals surface area contributed by atoms with Gasteiger partial charge in [-0.1, -0.05) is 24.3 Å². The minimum absolute atomic E-state index is 0.102. The van der Waals surface area contributed by atoms with Gasteiger partial charge in [-0.05, 0) is 31.2 Å². The molecule has 0 bridgehead atoms. The number of nitrogens with zero attached hydrogens (tertiary/aromatic N) is 1. The lowest BCUT2D eigenvalue weighted by Gasteiger charge is -2.14. The third kappa shape index (κ3) is 4.44. The van der Waals surface area contributed by atoms with Gasteiger partial charge in [0, 0.05) is 29.4 Å². The van der Waals surface area contributed by atoms with E-state index >= 15 is 0 Å². The SMILES string of the molecule is NC(N)=NCCCNCC(O)COc1cccc2[nH]c3ccccc3c12. The molecule has 1 unspecified atom stereocenters. The topological polar surface area (TPSA) is 122 Å². The molecule has 26 heavy (non-hydrogen) atoms. The van der Waals surface area contributed by atoms with Crippen molar-refractivity contribution in [2.45, 2.75) is 12.5 Å². The monoisotopic (exact) mass is 355 g/mol. The van der Waals surface area contributed by atoms with Crippen LogP contribution in [0.15, 0.2) is 47.5 Å². The number of aromatic amines is 1. The number of aliphatic hydroxyl groups excluding tert-OH is 1. The van der Waals surface area contributed by atoms with Crippen LogP contribution in [0.2, 0.25) is 0 Å². The molecule has 0 amide bonds. The van der Waals surface area contributed by atoms with Crippen molar-refractivity contribution >= 4 is 27.8 Å². The number of benzene rings is 2. The van der Waals surface area contributed by atoms with Gasteiger partial charge in [-0.2, -0.15) is 0 Å². The van der Waals surface area contributed by atoms with Crippen LogP contribution in [0.5, 0.6) is 5.75 Å². The average molecular weight is 355 g/mol. The van der Waals surface area contributed by atoms with Crippen LogP contribution in [-0.2, 0) is 0 Å². The van der Waals surface area contributed by atoms with Gasteiger partial charge in [-0.25, -0.2) is 0 Å². The maximum absolute atomic E-state index is 10.1. The number of H-pyrrole nitrogens is 1. The summed E-state index contributed by atoms with van der Waals surface area (Å²) in [4.78, 5) is 7.29. The number of hydrogen-bond acceptors (Lipinski definition) is 4. The number of hydrogen-bond donors (Lipinski definition) is 5. The number of nitrogens with one attached hydrogen (secondary N) is 2. The Balaban J connectivity index is 1.54. The summed E-state index contributed by atoms with van der Waals surface area (Å²) in [6, 6.07) is 14.0. The fourth-order valence-electron chi connectivity index (χ4n) is 2.91. The van der Waals surface area contributed by atoms with Crippen LogP contribution in [0.25, 0.3) is 21.8 Å². The summed E-state index contributed by atoms with van der Waals surface area (Å²) in [5.41, 5.74) is 12.6. The number of para-hydroxylation sites is 1. The molecule has 3 aromatic rings. The molecule has 2 aromatic carbocycles. The molecule has 1 aromatic heterocycles. The number of nitrogens with two attached hydrogens (primary N) is 2. The molecule has 0 saturated heterocycles. The molecule has 3 rings (SSSR count). The fraction of sp³-hybridized carbons (Fsp3) is 0.316. The Morgan fingerprint density at radius 1 is 1.15 bits per heavy atom. The van der Waals surface area contributed by atoms with E-state index in [1.165, 1.54) is 0 Å². The number of guanidine groups is 1. The highest BCUT2D eigenvalue weighted by atomic mass is 16.5. The minimum Gasteiger partial charge on any atom is -0.490 e. The molecular weight excluding hydrogens is 330 g/mol.